The number of pyridine rings is 1. The fourth-order valence-corrected chi connectivity index (χ4v) is 2.75. The Morgan fingerprint density at radius 1 is 1.27 bits per heavy atom. The minimum atomic E-state index is -0.646. The third-order valence-electron chi connectivity index (χ3n) is 4.34. The second kappa shape index (κ2) is 11.9. The van der Waals surface area contributed by atoms with Crippen molar-refractivity contribution in [1.29, 1.82) is 0 Å². The minimum Gasteiger partial charge on any atom is -0.368 e. The number of nitrogens with zero attached hydrogens (tertiary/aromatic N) is 5. The summed E-state index contributed by atoms with van der Waals surface area (Å²) in [6.07, 6.45) is 4.71. The van der Waals surface area contributed by atoms with Crippen molar-refractivity contribution in [2.45, 2.75) is 19.5 Å². The monoisotopic (exact) mass is 408 g/mol. The summed E-state index contributed by atoms with van der Waals surface area (Å²) in [5.74, 6) is -0.981. The lowest BCUT2D eigenvalue weighted by molar-refractivity contribution is -0.121. The second-order valence-electron chi connectivity index (χ2n) is 6.54. The average Bonchev–Trinajstić information content (AvgIpc) is 2.76. The fourth-order valence-electron chi connectivity index (χ4n) is 2.75. The Balaban J connectivity index is 1.96. The van der Waals surface area contributed by atoms with E-state index in [2.05, 4.69) is 30.6 Å². The van der Waals surface area contributed by atoms with Gasteiger partial charge in [-0.05, 0) is 35.2 Å². The molecule has 0 saturated heterocycles. The zero-order valence-electron chi connectivity index (χ0n) is 16.6. The molecule has 0 aliphatic carbocycles. The molecule has 0 aliphatic rings. The molecule has 1 aromatic carbocycles. The molecular weight excluding hydrogens is 384 g/mol. The van der Waals surface area contributed by atoms with Gasteiger partial charge in [0.2, 0.25) is 5.91 Å². The van der Waals surface area contributed by atoms with Gasteiger partial charge in [-0.2, -0.15) is 0 Å². The lowest BCUT2D eigenvalue weighted by Crippen LogP contribution is -2.46. The van der Waals surface area contributed by atoms with E-state index in [1.54, 1.807) is 37.7 Å². The molecule has 0 aliphatic heterocycles. The Labute approximate surface area is 174 Å². The first-order chi connectivity index (χ1) is 14.5. The van der Waals surface area contributed by atoms with E-state index in [9.17, 15) is 9.59 Å². The van der Waals surface area contributed by atoms with Crippen LogP contribution in [0.25, 0.3) is 10.4 Å². The molecule has 4 N–H and O–H groups in total. The maximum Gasteiger partial charge on any atom is 0.251 e. The Morgan fingerprint density at radius 2 is 2.00 bits per heavy atom. The van der Waals surface area contributed by atoms with Crippen molar-refractivity contribution >= 4 is 23.7 Å². The first-order valence-electron chi connectivity index (χ1n) is 9.35. The molecule has 10 nitrogen and oxygen atoms in total. The van der Waals surface area contributed by atoms with E-state index in [1.807, 2.05) is 24.3 Å². The number of carbonyl (C=O) groups is 2. The van der Waals surface area contributed by atoms with Crippen molar-refractivity contribution in [2.24, 2.45) is 21.8 Å². The normalized spacial score (nSPS) is 12.7. The van der Waals surface area contributed by atoms with Crippen molar-refractivity contribution in [3.63, 3.8) is 0 Å². The summed E-state index contributed by atoms with van der Waals surface area (Å²) >= 11 is 0. The van der Waals surface area contributed by atoms with E-state index in [0.717, 1.165) is 5.56 Å². The highest BCUT2D eigenvalue weighted by Crippen LogP contribution is 2.18. The average molecular weight is 408 g/mol. The van der Waals surface area contributed by atoms with Crippen molar-refractivity contribution in [2.75, 3.05) is 13.1 Å². The summed E-state index contributed by atoms with van der Waals surface area (Å²) in [6.45, 7) is 2.56. The molecule has 0 fully saturated rings. The second-order valence-corrected chi connectivity index (χ2v) is 6.54. The van der Waals surface area contributed by atoms with Gasteiger partial charge in [-0.25, -0.2) is 0 Å². The number of hydrogen-bond donors (Lipinski definition) is 3. The summed E-state index contributed by atoms with van der Waals surface area (Å²) in [5.41, 5.74) is 16.0. The molecule has 2 amide bonds. The fraction of sp³-hybridized carbons (Fsp3) is 0.300. The van der Waals surface area contributed by atoms with Gasteiger partial charge < -0.3 is 16.4 Å². The molecule has 2 atom stereocenters. The standard InChI is InChI=1S/C20H24N8O2/c1-14(12-27-28-22)18(19(21)29)26-13-16-4-2-3-5-17(16)24-10-11-25-20(30)15-6-8-23-9-7-15/h2-10,14,18,26H,11-13H2,1H3,(H2,21,29)(H,25,30)/t14?,18-/m0/s1. The van der Waals surface area contributed by atoms with Crippen LogP contribution in [-0.4, -0.2) is 42.1 Å². The van der Waals surface area contributed by atoms with Crippen LogP contribution in [0, 0.1) is 5.92 Å². The number of aliphatic imine (C=N–C) groups is 1. The summed E-state index contributed by atoms with van der Waals surface area (Å²) in [5, 5.41) is 9.37. The van der Waals surface area contributed by atoms with Crippen LogP contribution in [0.1, 0.15) is 22.8 Å². The molecule has 30 heavy (non-hydrogen) atoms. The zero-order chi connectivity index (χ0) is 21.8. The van der Waals surface area contributed by atoms with Gasteiger partial charge in [-0.3, -0.25) is 19.6 Å². The number of azide groups is 1. The van der Waals surface area contributed by atoms with Crippen molar-refractivity contribution in [3.05, 3.63) is 70.4 Å². The third kappa shape index (κ3) is 7.01. The lowest BCUT2D eigenvalue weighted by Gasteiger charge is -2.21. The van der Waals surface area contributed by atoms with Gasteiger partial charge in [-0.1, -0.05) is 30.2 Å². The molecule has 0 radical (unpaired) electrons. The van der Waals surface area contributed by atoms with E-state index in [4.69, 9.17) is 11.3 Å². The molecule has 1 aromatic heterocycles. The third-order valence-corrected chi connectivity index (χ3v) is 4.34. The van der Waals surface area contributed by atoms with Crippen LogP contribution in [0.4, 0.5) is 5.69 Å². The molecule has 0 spiro atoms. The van der Waals surface area contributed by atoms with Crippen LogP contribution in [0.5, 0.6) is 0 Å². The number of nitrogens with two attached hydrogens (primary N) is 1. The topological polar surface area (TPSA) is 158 Å². The maximum atomic E-state index is 12.0. The first kappa shape index (κ1) is 22.5. The highest BCUT2D eigenvalue weighted by Gasteiger charge is 2.22. The predicted octanol–water partition coefficient (Wildman–Crippen LogP) is 2.10. The van der Waals surface area contributed by atoms with Gasteiger partial charge in [0.05, 0.1) is 18.3 Å². The van der Waals surface area contributed by atoms with Gasteiger partial charge in [0.15, 0.2) is 0 Å². The van der Waals surface area contributed by atoms with Crippen molar-refractivity contribution in [3.8, 4) is 0 Å². The highest BCUT2D eigenvalue weighted by atomic mass is 16.2. The summed E-state index contributed by atoms with van der Waals surface area (Å²) < 4.78 is 0. The van der Waals surface area contributed by atoms with Crippen LogP contribution >= 0.6 is 0 Å². The van der Waals surface area contributed by atoms with E-state index < -0.39 is 11.9 Å². The molecule has 2 aromatic rings. The molecule has 156 valence electrons. The lowest BCUT2D eigenvalue weighted by atomic mass is 10.0. The van der Waals surface area contributed by atoms with Crippen LogP contribution in [-0.2, 0) is 11.3 Å². The number of carbonyl (C=O) groups excluding carboxylic acids is 2. The van der Waals surface area contributed by atoms with Gasteiger partial charge in [0.1, 0.15) is 0 Å². The largest absolute Gasteiger partial charge is 0.368 e. The van der Waals surface area contributed by atoms with Crippen LogP contribution in [0.3, 0.4) is 0 Å². The number of primary amides is 1. The quantitative estimate of drug-likeness (QED) is 0.225. The zero-order valence-corrected chi connectivity index (χ0v) is 16.6. The van der Waals surface area contributed by atoms with Crippen LogP contribution in [0.15, 0.2) is 58.9 Å². The number of hydrogen-bond acceptors (Lipinski definition) is 6. The Morgan fingerprint density at radius 3 is 2.70 bits per heavy atom. The van der Waals surface area contributed by atoms with Crippen LogP contribution < -0.4 is 16.4 Å². The van der Waals surface area contributed by atoms with Crippen LogP contribution in [0.2, 0.25) is 0 Å². The molecule has 2 rings (SSSR count). The van der Waals surface area contributed by atoms with E-state index in [0.29, 0.717) is 17.8 Å². The van der Waals surface area contributed by atoms with Crippen molar-refractivity contribution < 1.29 is 9.59 Å². The highest BCUT2D eigenvalue weighted by molar-refractivity contribution is 5.95. The smallest absolute Gasteiger partial charge is 0.251 e. The molecule has 0 saturated carbocycles. The summed E-state index contributed by atoms with van der Waals surface area (Å²) in [6, 6.07) is 10.0. The Hall–Kier alpha value is -3.75. The molecule has 10 heteroatoms. The molecule has 1 heterocycles. The number of aromatic nitrogens is 1. The van der Waals surface area contributed by atoms with Gasteiger partial charge in [0.25, 0.3) is 5.91 Å². The SMILES string of the molecule is CC(CN=[N+]=[N-])[C@H](NCc1ccccc1N=CCNC(=O)c1ccncc1)C(N)=O. The maximum absolute atomic E-state index is 12.0. The summed E-state index contributed by atoms with van der Waals surface area (Å²) in [4.78, 5) is 34.8. The Bertz CT molecular complexity index is 925. The summed E-state index contributed by atoms with van der Waals surface area (Å²) in [7, 11) is 0. The first-order valence-corrected chi connectivity index (χ1v) is 9.35. The number of para-hydroxylation sites is 1. The molecular formula is C20H24N8O2. The number of benzene rings is 1. The van der Waals surface area contributed by atoms with E-state index >= 15 is 0 Å². The van der Waals surface area contributed by atoms with E-state index in [1.165, 1.54) is 0 Å². The predicted molar refractivity (Wildman–Crippen MR) is 114 cm³/mol. The van der Waals surface area contributed by atoms with E-state index in [-0.39, 0.29) is 24.9 Å². The number of amides is 2. The molecule has 1 unspecified atom stereocenters. The number of rotatable bonds is 11. The van der Waals surface area contributed by atoms with Gasteiger partial charge in [-0.15, -0.1) is 0 Å². The van der Waals surface area contributed by atoms with Gasteiger partial charge >= 0.3 is 0 Å². The number of nitrogens with one attached hydrogen (secondary N) is 2. The Kier molecular flexibility index (Phi) is 8.98. The molecule has 0 bridgehead atoms. The van der Waals surface area contributed by atoms with Crippen molar-refractivity contribution in [1.82, 2.24) is 15.6 Å². The van der Waals surface area contributed by atoms with Gasteiger partial charge in [0, 0.05) is 42.2 Å². The minimum absolute atomic E-state index is 0.161.